The van der Waals surface area contributed by atoms with E-state index in [0.29, 0.717) is 0 Å². The van der Waals surface area contributed by atoms with Crippen molar-refractivity contribution < 1.29 is 19.0 Å². The molecule has 0 radical (unpaired) electrons. The van der Waals surface area contributed by atoms with Crippen LogP contribution in [0, 0.1) is 0 Å². The van der Waals surface area contributed by atoms with Gasteiger partial charge in [0.15, 0.2) is 0 Å². The zero-order valence-electron chi connectivity index (χ0n) is 5.63. The third kappa shape index (κ3) is 1.11. The highest BCUT2D eigenvalue weighted by Crippen LogP contribution is 2.23. The van der Waals surface area contributed by atoms with Crippen LogP contribution in [0.2, 0.25) is 0 Å². The van der Waals surface area contributed by atoms with Gasteiger partial charge in [0.2, 0.25) is 6.17 Å². The van der Waals surface area contributed by atoms with Crippen LogP contribution in [0.3, 0.4) is 0 Å². The summed E-state index contributed by atoms with van der Waals surface area (Å²) in [5, 5.41) is 9.14. The van der Waals surface area contributed by atoms with Gasteiger partial charge in [0.05, 0.1) is 6.61 Å². The maximum atomic E-state index is 12.6. The molecule has 1 aliphatic heterocycles. The van der Waals surface area contributed by atoms with Crippen molar-refractivity contribution in [3.05, 3.63) is 0 Å². The molecule has 4 heteroatoms. The Balaban J connectivity index is 2.69. The molecule has 2 atom stereocenters. The number of cyclic esters (lactones) is 1. The Morgan fingerprint density at radius 3 is 2.90 bits per heavy atom. The minimum absolute atomic E-state index is 0.103. The van der Waals surface area contributed by atoms with E-state index in [4.69, 9.17) is 5.11 Å². The predicted octanol–water partition coefficient (Wildman–Crippen LogP) is 0.0224. The molecular weight excluding hydrogens is 139 g/mol. The van der Waals surface area contributed by atoms with Gasteiger partial charge in [-0.3, -0.25) is 0 Å². The van der Waals surface area contributed by atoms with Crippen LogP contribution < -0.4 is 0 Å². The van der Waals surface area contributed by atoms with Crippen LogP contribution in [0.5, 0.6) is 0 Å². The second-order valence-corrected chi connectivity index (χ2v) is 2.64. The van der Waals surface area contributed by atoms with Gasteiger partial charge in [-0.25, -0.2) is 9.18 Å². The van der Waals surface area contributed by atoms with E-state index in [9.17, 15) is 9.18 Å². The van der Waals surface area contributed by atoms with E-state index in [1.807, 2.05) is 0 Å². The average Bonchev–Trinajstić information content (AvgIpc) is 1.83. The molecule has 0 aromatic carbocycles. The molecule has 1 rings (SSSR count). The van der Waals surface area contributed by atoms with Gasteiger partial charge in [-0.15, -0.1) is 0 Å². The summed E-state index contributed by atoms with van der Waals surface area (Å²) in [6.45, 7) is 1.39. The second kappa shape index (κ2) is 2.20. The van der Waals surface area contributed by atoms with E-state index in [1.54, 1.807) is 0 Å². The number of ether oxygens (including phenoxy) is 1. The molecule has 58 valence electrons. The standard InChI is InChI=1S/C6H9FO3/c1-6(9)2-3-10-5(8)4(6)7/h4,9H,2-3H2,1H3/t4-,6+/m0/s1. The molecule has 1 aliphatic rings. The smallest absolute Gasteiger partial charge is 0.343 e. The fraction of sp³-hybridized carbons (Fsp3) is 0.833. The van der Waals surface area contributed by atoms with Gasteiger partial charge >= 0.3 is 5.97 Å². The van der Waals surface area contributed by atoms with Crippen LogP contribution in [0.1, 0.15) is 13.3 Å². The topological polar surface area (TPSA) is 46.5 Å². The molecule has 10 heavy (non-hydrogen) atoms. The van der Waals surface area contributed by atoms with E-state index in [0.717, 1.165) is 0 Å². The molecule has 0 amide bonds. The first-order chi connectivity index (χ1) is 4.54. The lowest BCUT2D eigenvalue weighted by Crippen LogP contribution is -2.47. The van der Waals surface area contributed by atoms with Gasteiger partial charge in [0.25, 0.3) is 0 Å². The summed E-state index contributed by atoms with van der Waals surface area (Å²) >= 11 is 0. The zero-order valence-corrected chi connectivity index (χ0v) is 5.63. The number of carbonyl (C=O) groups excluding carboxylic acids is 1. The Kier molecular flexibility index (Phi) is 1.64. The van der Waals surface area contributed by atoms with Crippen molar-refractivity contribution in [2.24, 2.45) is 0 Å². The number of alkyl halides is 1. The van der Waals surface area contributed by atoms with Gasteiger partial charge in [-0.2, -0.15) is 0 Å². The molecule has 0 aromatic rings. The highest BCUT2D eigenvalue weighted by molar-refractivity contribution is 5.76. The molecule has 0 bridgehead atoms. The van der Waals surface area contributed by atoms with Gasteiger partial charge in [-0.1, -0.05) is 0 Å². The van der Waals surface area contributed by atoms with Crippen molar-refractivity contribution in [1.29, 1.82) is 0 Å². The average molecular weight is 148 g/mol. The normalized spacial score (nSPS) is 41.1. The highest BCUT2D eigenvalue weighted by atomic mass is 19.1. The van der Waals surface area contributed by atoms with E-state index in [1.165, 1.54) is 6.92 Å². The Morgan fingerprint density at radius 2 is 2.50 bits per heavy atom. The third-order valence-corrected chi connectivity index (χ3v) is 1.61. The van der Waals surface area contributed by atoms with Gasteiger partial charge < -0.3 is 9.84 Å². The number of carbonyl (C=O) groups is 1. The zero-order chi connectivity index (χ0) is 7.78. The van der Waals surface area contributed by atoms with Crippen LogP contribution in [0.15, 0.2) is 0 Å². The Morgan fingerprint density at radius 1 is 1.90 bits per heavy atom. The van der Waals surface area contributed by atoms with Crippen molar-refractivity contribution in [3.63, 3.8) is 0 Å². The van der Waals surface area contributed by atoms with Crippen molar-refractivity contribution in [2.75, 3.05) is 6.61 Å². The Labute approximate surface area is 57.8 Å². The van der Waals surface area contributed by atoms with Gasteiger partial charge in [0.1, 0.15) is 5.60 Å². The summed E-state index contributed by atoms with van der Waals surface area (Å²) in [6, 6.07) is 0. The maximum Gasteiger partial charge on any atom is 0.343 e. The Hall–Kier alpha value is -0.640. The lowest BCUT2D eigenvalue weighted by Gasteiger charge is -2.29. The molecule has 1 saturated heterocycles. The molecule has 1 N–H and O–H groups in total. The minimum atomic E-state index is -1.89. The monoisotopic (exact) mass is 148 g/mol. The number of hydrogen-bond acceptors (Lipinski definition) is 3. The van der Waals surface area contributed by atoms with Crippen LogP contribution >= 0.6 is 0 Å². The quantitative estimate of drug-likeness (QED) is 0.493. The van der Waals surface area contributed by atoms with E-state index >= 15 is 0 Å². The first-order valence-corrected chi connectivity index (χ1v) is 3.07. The van der Waals surface area contributed by atoms with E-state index < -0.39 is 17.7 Å². The molecule has 1 fully saturated rings. The van der Waals surface area contributed by atoms with Crippen molar-refractivity contribution in [3.8, 4) is 0 Å². The fourth-order valence-corrected chi connectivity index (χ4v) is 0.812. The van der Waals surface area contributed by atoms with Gasteiger partial charge in [-0.05, 0) is 6.92 Å². The molecular formula is C6H9FO3. The maximum absolute atomic E-state index is 12.6. The van der Waals surface area contributed by atoms with Gasteiger partial charge in [0, 0.05) is 6.42 Å². The van der Waals surface area contributed by atoms with E-state index in [-0.39, 0.29) is 13.0 Å². The summed E-state index contributed by atoms with van der Waals surface area (Å²) in [7, 11) is 0. The highest BCUT2D eigenvalue weighted by Gasteiger charge is 2.42. The SMILES string of the molecule is C[C@@]1(O)CCOC(=O)[C@@H]1F. The summed E-state index contributed by atoms with van der Waals surface area (Å²) < 4.78 is 17.0. The van der Waals surface area contributed by atoms with Crippen LogP contribution in [-0.2, 0) is 9.53 Å². The van der Waals surface area contributed by atoms with Crippen molar-refractivity contribution in [2.45, 2.75) is 25.1 Å². The lowest BCUT2D eigenvalue weighted by atomic mass is 9.95. The third-order valence-electron chi connectivity index (χ3n) is 1.61. The Bertz CT molecular complexity index is 155. The van der Waals surface area contributed by atoms with Crippen LogP contribution in [0.4, 0.5) is 4.39 Å². The minimum Gasteiger partial charge on any atom is -0.463 e. The number of esters is 1. The number of rotatable bonds is 0. The summed E-state index contributed by atoms with van der Waals surface area (Å²) in [5.41, 5.74) is -1.53. The molecule has 0 spiro atoms. The second-order valence-electron chi connectivity index (χ2n) is 2.64. The summed E-state index contributed by atoms with van der Waals surface area (Å²) in [5.74, 6) is -0.962. The number of halogens is 1. The summed E-state index contributed by atoms with van der Waals surface area (Å²) in [4.78, 5) is 10.5. The largest absolute Gasteiger partial charge is 0.463 e. The van der Waals surface area contributed by atoms with Crippen LogP contribution in [-0.4, -0.2) is 29.5 Å². The molecule has 0 aromatic heterocycles. The number of hydrogen-bond donors (Lipinski definition) is 1. The molecule has 0 aliphatic carbocycles. The molecule has 3 nitrogen and oxygen atoms in total. The fourth-order valence-electron chi connectivity index (χ4n) is 0.812. The molecule has 0 unspecified atom stereocenters. The van der Waals surface area contributed by atoms with Crippen LogP contribution in [0.25, 0.3) is 0 Å². The first-order valence-electron chi connectivity index (χ1n) is 3.07. The van der Waals surface area contributed by atoms with Crippen molar-refractivity contribution in [1.82, 2.24) is 0 Å². The number of aliphatic hydroxyl groups is 1. The lowest BCUT2D eigenvalue weighted by molar-refractivity contribution is -0.173. The molecule has 0 saturated carbocycles. The summed E-state index contributed by atoms with van der Waals surface area (Å²) in [6.07, 6.45) is -1.72. The van der Waals surface area contributed by atoms with Crippen molar-refractivity contribution >= 4 is 5.97 Å². The van der Waals surface area contributed by atoms with E-state index in [2.05, 4.69) is 4.74 Å². The predicted molar refractivity (Wildman–Crippen MR) is 31.1 cm³/mol. The first kappa shape index (κ1) is 7.47. The molecule has 1 heterocycles.